The molecule has 0 aromatic heterocycles. The fourth-order valence-electron chi connectivity index (χ4n) is 3.82. The highest BCUT2D eigenvalue weighted by Crippen LogP contribution is 2.26. The molecule has 0 bridgehead atoms. The Morgan fingerprint density at radius 2 is 1.73 bits per heavy atom. The lowest BCUT2D eigenvalue weighted by Gasteiger charge is -2.32. The lowest BCUT2D eigenvalue weighted by atomic mass is 9.88. The van der Waals surface area contributed by atoms with E-state index in [0.717, 1.165) is 18.2 Å². The van der Waals surface area contributed by atoms with E-state index in [0.29, 0.717) is 37.2 Å². The Morgan fingerprint density at radius 1 is 1.00 bits per heavy atom. The third kappa shape index (κ3) is 4.08. The Bertz CT molecular complexity index is 1020. The predicted molar refractivity (Wildman–Crippen MR) is 102 cm³/mol. The maximum absolute atomic E-state index is 13.9. The van der Waals surface area contributed by atoms with Gasteiger partial charge in [-0.15, -0.1) is 0 Å². The van der Waals surface area contributed by atoms with Crippen molar-refractivity contribution in [3.63, 3.8) is 0 Å². The molecule has 30 heavy (non-hydrogen) atoms. The fraction of sp³-hybridized carbons (Fsp3) is 0.318. The van der Waals surface area contributed by atoms with E-state index < -0.39 is 35.3 Å². The molecule has 2 aliphatic heterocycles. The largest absolute Gasteiger partial charge is 0.382 e. The molecule has 0 spiro atoms. The summed E-state index contributed by atoms with van der Waals surface area (Å²) in [6.45, 7) is 0.614. The van der Waals surface area contributed by atoms with E-state index in [2.05, 4.69) is 5.16 Å². The maximum Gasteiger partial charge on any atom is 0.266 e. The third-order valence-electron chi connectivity index (χ3n) is 5.47. The van der Waals surface area contributed by atoms with Crippen molar-refractivity contribution in [2.75, 3.05) is 13.1 Å². The minimum atomic E-state index is -0.795. The minimum Gasteiger partial charge on any atom is -0.382 e. The van der Waals surface area contributed by atoms with Gasteiger partial charge >= 0.3 is 0 Å². The summed E-state index contributed by atoms with van der Waals surface area (Å²) in [4.78, 5) is 32.1. The number of rotatable bonds is 4. The van der Waals surface area contributed by atoms with Crippen molar-refractivity contribution >= 4 is 17.4 Å². The molecule has 0 aliphatic carbocycles. The van der Waals surface area contributed by atoms with Crippen LogP contribution in [0.5, 0.6) is 0 Å². The molecule has 4 rings (SSSR count). The Labute approximate surface area is 171 Å². The SMILES string of the molecule is O=C(c1cc(F)ccc1F)C1CCN(C(=O)[C@H]2CC(c3cccc(F)c3)=NO2)CC1. The van der Waals surface area contributed by atoms with Crippen molar-refractivity contribution in [3.8, 4) is 0 Å². The Balaban J connectivity index is 1.34. The number of benzene rings is 2. The topological polar surface area (TPSA) is 59.0 Å². The molecule has 0 saturated carbocycles. The Morgan fingerprint density at radius 3 is 2.47 bits per heavy atom. The zero-order valence-corrected chi connectivity index (χ0v) is 16.0. The van der Waals surface area contributed by atoms with Crippen LogP contribution in [-0.4, -0.2) is 41.5 Å². The van der Waals surface area contributed by atoms with Crippen LogP contribution in [0.25, 0.3) is 0 Å². The van der Waals surface area contributed by atoms with Crippen LogP contribution >= 0.6 is 0 Å². The summed E-state index contributed by atoms with van der Waals surface area (Å²) < 4.78 is 40.7. The lowest BCUT2D eigenvalue weighted by Crippen LogP contribution is -2.45. The summed E-state index contributed by atoms with van der Waals surface area (Å²) in [6.07, 6.45) is 0.141. The van der Waals surface area contributed by atoms with Crippen LogP contribution in [0, 0.1) is 23.4 Å². The summed E-state index contributed by atoms with van der Waals surface area (Å²) in [5.41, 5.74) is 0.804. The van der Waals surface area contributed by atoms with E-state index in [4.69, 9.17) is 4.84 Å². The first kappa shape index (κ1) is 20.1. The van der Waals surface area contributed by atoms with Crippen molar-refractivity contribution in [1.29, 1.82) is 0 Å². The van der Waals surface area contributed by atoms with Crippen LogP contribution in [0.1, 0.15) is 35.2 Å². The van der Waals surface area contributed by atoms with Crippen LogP contribution in [0.4, 0.5) is 13.2 Å². The molecule has 2 aromatic carbocycles. The number of Topliss-reactive ketones (excluding diaryl/α,β-unsaturated/α-hetero) is 1. The summed E-state index contributed by atoms with van der Waals surface area (Å²) in [5, 5.41) is 3.92. The van der Waals surface area contributed by atoms with Gasteiger partial charge in [-0.2, -0.15) is 0 Å². The van der Waals surface area contributed by atoms with Gasteiger partial charge in [0.15, 0.2) is 5.78 Å². The molecule has 0 N–H and O–H groups in total. The second kappa shape index (κ2) is 8.30. The molecule has 156 valence electrons. The van der Waals surface area contributed by atoms with E-state index in [1.165, 1.54) is 12.1 Å². The molecule has 2 heterocycles. The monoisotopic (exact) mass is 416 g/mol. The standard InChI is InChI=1S/C22H19F3N2O3/c23-15-3-1-2-14(10-15)19-12-20(30-26-19)22(29)27-8-6-13(7-9-27)21(28)17-11-16(24)4-5-18(17)25/h1-5,10-11,13,20H,6-9,12H2/t20-/m1/s1. The van der Waals surface area contributed by atoms with Crippen molar-refractivity contribution in [3.05, 3.63) is 71.0 Å². The van der Waals surface area contributed by atoms with Gasteiger partial charge in [-0.3, -0.25) is 9.59 Å². The molecule has 2 aliphatic rings. The number of oxime groups is 1. The molecule has 2 aromatic rings. The van der Waals surface area contributed by atoms with Crippen LogP contribution in [0.3, 0.4) is 0 Å². The number of carbonyl (C=O) groups excluding carboxylic acids is 2. The molecule has 0 radical (unpaired) electrons. The highest BCUT2D eigenvalue weighted by atomic mass is 19.1. The number of carbonyl (C=O) groups is 2. The zero-order chi connectivity index (χ0) is 21.3. The van der Waals surface area contributed by atoms with Gasteiger partial charge in [0, 0.05) is 31.0 Å². The molecule has 1 atom stereocenters. The lowest BCUT2D eigenvalue weighted by molar-refractivity contribution is -0.143. The predicted octanol–water partition coefficient (Wildman–Crippen LogP) is 3.72. The van der Waals surface area contributed by atoms with Gasteiger partial charge in [0.05, 0.1) is 11.3 Å². The average molecular weight is 416 g/mol. The van der Waals surface area contributed by atoms with Crippen LogP contribution in [0.15, 0.2) is 47.6 Å². The molecule has 0 unspecified atom stereocenters. The number of hydrogen-bond donors (Lipinski definition) is 0. The summed E-state index contributed by atoms with van der Waals surface area (Å²) in [5.74, 6) is -3.00. The Hall–Kier alpha value is -3.16. The van der Waals surface area contributed by atoms with Crippen molar-refractivity contribution < 1.29 is 27.6 Å². The second-order valence-corrected chi connectivity index (χ2v) is 7.43. The Kier molecular flexibility index (Phi) is 5.57. The molecular formula is C22H19F3N2O3. The van der Waals surface area contributed by atoms with Gasteiger partial charge in [-0.05, 0) is 43.2 Å². The van der Waals surface area contributed by atoms with Crippen molar-refractivity contribution in [1.82, 2.24) is 4.90 Å². The van der Waals surface area contributed by atoms with Crippen molar-refractivity contribution in [2.45, 2.75) is 25.4 Å². The first-order valence-electron chi connectivity index (χ1n) is 9.69. The minimum absolute atomic E-state index is 0.232. The normalized spacial score (nSPS) is 19.4. The number of piperidine rings is 1. The molecule has 1 amide bonds. The van der Waals surface area contributed by atoms with Crippen LogP contribution < -0.4 is 0 Å². The molecule has 8 heteroatoms. The number of ketones is 1. The van der Waals surface area contributed by atoms with Gasteiger partial charge in [-0.1, -0.05) is 17.3 Å². The summed E-state index contributed by atoms with van der Waals surface area (Å²) in [7, 11) is 0. The first-order chi connectivity index (χ1) is 14.4. The number of halogens is 3. The second-order valence-electron chi connectivity index (χ2n) is 7.43. The molecule has 1 fully saturated rings. The van der Waals surface area contributed by atoms with Gasteiger partial charge in [0.2, 0.25) is 6.10 Å². The highest BCUT2D eigenvalue weighted by molar-refractivity contribution is 6.04. The number of amides is 1. The average Bonchev–Trinajstić information content (AvgIpc) is 3.25. The van der Waals surface area contributed by atoms with Gasteiger partial charge < -0.3 is 9.74 Å². The van der Waals surface area contributed by atoms with Gasteiger partial charge in [0.1, 0.15) is 17.5 Å². The maximum atomic E-state index is 13.9. The summed E-state index contributed by atoms with van der Waals surface area (Å²) >= 11 is 0. The zero-order valence-electron chi connectivity index (χ0n) is 16.0. The van der Waals surface area contributed by atoms with E-state index >= 15 is 0 Å². The quantitative estimate of drug-likeness (QED) is 0.714. The van der Waals surface area contributed by atoms with E-state index in [-0.39, 0.29) is 17.9 Å². The number of hydrogen-bond acceptors (Lipinski definition) is 4. The van der Waals surface area contributed by atoms with Crippen LogP contribution in [-0.2, 0) is 9.63 Å². The van der Waals surface area contributed by atoms with Gasteiger partial charge in [-0.25, -0.2) is 13.2 Å². The molecule has 5 nitrogen and oxygen atoms in total. The van der Waals surface area contributed by atoms with E-state index in [1.807, 2.05) is 0 Å². The first-order valence-corrected chi connectivity index (χ1v) is 9.69. The fourth-order valence-corrected chi connectivity index (χ4v) is 3.82. The smallest absolute Gasteiger partial charge is 0.266 e. The summed E-state index contributed by atoms with van der Waals surface area (Å²) in [6, 6.07) is 8.73. The van der Waals surface area contributed by atoms with E-state index in [1.54, 1.807) is 17.0 Å². The molecular weight excluding hydrogens is 397 g/mol. The van der Waals surface area contributed by atoms with Gasteiger partial charge in [0.25, 0.3) is 5.91 Å². The number of likely N-dealkylation sites (tertiary alicyclic amines) is 1. The highest BCUT2D eigenvalue weighted by Gasteiger charge is 2.36. The van der Waals surface area contributed by atoms with Crippen LogP contribution in [0.2, 0.25) is 0 Å². The molecule has 1 saturated heterocycles. The van der Waals surface area contributed by atoms with Crippen molar-refractivity contribution in [2.24, 2.45) is 11.1 Å². The third-order valence-corrected chi connectivity index (χ3v) is 5.47. The van der Waals surface area contributed by atoms with E-state index in [9.17, 15) is 22.8 Å². The number of nitrogens with zero attached hydrogens (tertiary/aromatic N) is 2.